The average molecular weight is 452 g/mol. The first kappa shape index (κ1) is 22.8. The zero-order valence-corrected chi connectivity index (χ0v) is 18.3. The number of benzene rings is 3. The Hall–Kier alpha value is -3.84. The number of carbonyl (C=O) groups excluding carboxylic acids is 2. The Morgan fingerprint density at radius 3 is 2.56 bits per heavy atom. The summed E-state index contributed by atoms with van der Waals surface area (Å²) in [6, 6.07) is 19.1. The zero-order chi connectivity index (χ0) is 22.9. The molecule has 0 atom stereocenters. The number of carbonyl (C=O) groups is 2. The molecule has 0 bridgehead atoms. The highest BCUT2D eigenvalue weighted by atomic mass is 35.5. The van der Waals surface area contributed by atoms with Crippen LogP contribution in [0.15, 0.2) is 71.8 Å². The van der Waals surface area contributed by atoms with Crippen LogP contribution < -0.4 is 20.2 Å². The number of ether oxygens (including phenoxy) is 2. The van der Waals surface area contributed by atoms with Crippen molar-refractivity contribution in [2.75, 3.05) is 19.0 Å². The molecule has 0 fully saturated rings. The van der Waals surface area contributed by atoms with Crippen LogP contribution in [0.5, 0.6) is 11.5 Å². The van der Waals surface area contributed by atoms with Crippen LogP contribution in [0.1, 0.15) is 21.5 Å². The van der Waals surface area contributed by atoms with Gasteiger partial charge in [0.25, 0.3) is 11.8 Å². The Balaban J connectivity index is 1.49. The summed E-state index contributed by atoms with van der Waals surface area (Å²) in [5.41, 5.74) is 5.22. The molecule has 3 aromatic carbocycles. The maximum Gasteiger partial charge on any atom is 0.275 e. The van der Waals surface area contributed by atoms with E-state index in [4.69, 9.17) is 21.1 Å². The van der Waals surface area contributed by atoms with Gasteiger partial charge in [-0.1, -0.05) is 23.7 Å². The third kappa shape index (κ3) is 6.58. The van der Waals surface area contributed by atoms with E-state index < -0.39 is 0 Å². The minimum Gasteiger partial charge on any atom is -0.496 e. The van der Waals surface area contributed by atoms with Gasteiger partial charge in [0.05, 0.1) is 18.9 Å². The summed E-state index contributed by atoms with van der Waals surface area (Å²) in [4.78, 5) is 24.3. The molecule has 164 valence electrons. The number of hydrogen-bond donors (Lipinski definition) is 2. The van der Waals surface area contributed by atoms with Crippen LogP contribution in [0.2, 0.25) is 5.02 Å². The van der Waals surface area contributed by atoms with Crippen molar-refractivity contribution in [2.45, 2.75) is 6.92 Å². The van der Waals surface area contributed by atoms with Crippen molar-refractivity contribution >= 4 is 35.3 Å². The molecular weight excluding hydrogens is 430 g/mol. The molecule has 2 N–H and O–H groups in total. The standard InChI is InChI=1S/C24H22ClN3O4/c1-16-6-11-21(22(12-16)31-2)24(30)28-26-14-17-7-9-20(10-8-17)32-15-23(29)27-19-5-3-4-18(25)13-19/h3-14H,15H2,1-2H3,(H,27,29)(H,28,30)/b26-14-. The van der Waals surface area contributed by atoms with E-state index in [0.717, 1.165) is 11.1 Å². The fourth-order valence-corrected chi connectivity index (χ4v) is 2.96. The molecule has 32 heavy (non-hydrogen) atoms. The largest absolute Gasteiger partial charge is 0.496 e. The lowest BCUT2D eigenvalue weighted by atomic mass is 10.1. The maximum atomic E-state index is 12.3. The van der Waals surface area contributed by atoms with Crippen LogP contribution in [0, 0.1) is 6.92 Å². The number of rotatable bonds is 8. The highest BCUT2D eigenvalue weighted by molar-refractivity contribution is 6.30. The third-order valence-corrected chi connectivity index (χ3v) is 4.57. The van der Waals surface area contributed by atoms with Gasteiger partial charge < -0.3 is 14.8 Å². The van der Waals surface area contributed by atoms with Gasteiger partial charge in [-0.2, -0.15) is 5.10 Å². The summed E-state index contributed by atoms with van der Waals surface area (Å²) in [6.07, 6.45) is 1.51. The Labute approximate surface area is 191 Å². The van der Waals surface area contributed by atoms with Crippen LogP contribution in [0.3, 0.4) is 0 Å². The number of nitrogens with zero attached hydrogens (tertiary/aromatic N) is 1. The van der Waals surface area contributed by atoms with Gasteiger partial charge in [0.15, 0.2) is 6.61 Å². The molecule has 0 aliphatic heterocycles. The molecule has 3 aromatic rings. The molecule has 7 nitrogen and oxygen atoms in total. The third-order valence-electron chi connectivity index (χ3n) is 4.34. The molecule has 8 heteroatoms. The second-order valence-corrected chi connectivity index (χ2v) is 7.26. The van der Waals surface area contributed by atoms with Crippen molar-refractivity contribution < 1.29 is 19.1 Å². The van der Waals surface area contributed by atoms with Crippen LogP contribution in [0.25, 0.3) is 0 Å². The number of hydrazone groups is 1. The van der Waals surface area contributed by atoms with E-state index >= 15 is 0 Å². The van der Waals surface area contributed by atoms with Crippen LogP contribution in [-0.4, -0.2) is 31.7 Å². The number of amides is 2. The van der Waals surface area contributed by atoms with Gasteiger partial charge in [-0.05, 0) is 72.6 Å². The lowest BCUT2D eigenvalue weighted by Crippen LogP contribution is -2.20. The normalized spacial score (nSPS) is 10.6. The molecule has 0 spiro atoms. The van der Waals surface area contributed by atoms with E-state index in [-0.39, 0.29) is 18.4 Å². The number of methoxy groups -OCH3 is 1. The van der Waals surface area contributed by atoms with Gasteiger partial charge in [-0.15, -0.1) is 0 Å². The first-order valence-electron chi connectivity index (χ1n) is 9.71. The summed E-state index contributed by atoms with van der Waals surface area (Å²) in [5.74, 6) is 0.339. The van der Waals surface area contributed by atoms with Crippen molar-refractivity contribution in [3.63, 3.8) is 0 Å². The summed E-state index contributed by atoms with van der Waals surface area (Å²) < 4.78 is 10.7. The molecular formula is C24H22ClN3O4. The van der Waals surface area contributed by atoms with Crippen LogP contribution >= 0.6 is 11.6 Å². The topological polar surface area (TPSA) is 89.0 Å². The molecule has 0 radical (unpaired) electrons. The molecule has 0 aliphatic carbocycles. The molecule has 0 saturated heterocycles. The SMILES string of the molecule is COc1cc(C)ccc1C(=O)N/N=C\c1ccc(OCC(=O)Nc2cccc(Cl)c2)cc1. The van der Waals surface area contributed by atoms with Crippen LogP contribution in [0.4, 0.5) is 5.69 Å². The number of aryl methyl sites for hydroxylation is 1. The van der Waals surface area contributed by atoms with Crippen LogP contribution in [-0.2, 0) is 4.79 Å². The Morgan fingerprint density at radius 2 is 1.84 bits per heavy atom. The van der Waals surface area contributed by atoms with Crippen molar-refractivity contribution in [1.29, 1.82) is 0 Å². The predicted octanol–water partition coefficient (Wildman–Crippen LogP) is 4.44. The summed E-state index contributed by atoms with van der Waals surface area (Å²) in [6.45, 7) is 1.77. The van der Waals surface area contributed by atoms with Gasteiger partial charge in [-0.3, -0.25) is 9.59 Å². The van der Waals surface area contributed by atoms with E-state index in [2.05, 4.69) is 15.8 Å². The second kappa shape index (κ2) is 11.0. The fourth-order valence-electron chi connectivity index (χ4n) is 2.77. The predicted molar refractivity (Wildman–Crippen MR) is 125 cm³/mol. The monoisotopic (exact) mass is 451 g/mol. The van der Waals surface area contributed by atoms with E-state index in [9.17, 15) is 9.59 Å². The van der Waals surface area contributed by atoms with E-state index in [1.54, 1.807) is 60.7 Å². The van der Waals surface area contributed by atoms with Gasteiger partial charge in [0.1, 0.15) is 11.5 Å². The quantitative estimate of drug-likeness (QED) is 0.391. The number of hydrogen-bond acceptors (Lipinski definition) is 5. The molecule has 0 aliphatic rings. The van der Waals surface area contributed by atoms with Crippen molar-refractivity contribution in [3.05, 3.63) is 88.4 Å². The summed E-state index contributed by atoms with van der Waals surface area (Å²) in [5, 5.41) is 7.22. The smallest absolute Gasteiger partial charge is 0.275 e. The van der Waals surface area contributed by atoms with Crippen molar-refractivity contribution in [3.8, 4) is 11.5 Å². The van der Waals surface area contributed by atoms with Crippen molar-refractivity contribution in [1.82, 2.24) is 5.43 Å². The van der Waals surface area contributed by atoms with Gasteiger partial charge in [-0.25, -0.2) is 5.43 Å². The molecule has 0 heterocycles. The molecule has 3 rings (SSSR count). The summed E-state index contributed by atoms with van der Waals surface area (Å²) in [7, 11) is 1.51. The van der Waals surface area contributed by atoms with E-state index in [1.807, 2.05) is 13.0 Å². The molecule has 0 saturated carbocycles. The maximum absolute atomic E-state index is 12.3. The molecule has 2 amide bonds. The Morgan fingerprint density at radius 1 is 1.06 bits per heavy atom. The summed E-state index contributed by atoms with van der Waals surface area (Å²) >= 11 is 5.90. The Bertz CT molecular complexity index is 1130. The van der Waals surface area contributed by atoms with Crippen molar-refractivity contribution in [2.24, 2.45) is 5.10 Å². The van der Waals surface area contributed by atoms with Gasteiger partial charge >= 0.3 is 0 Å². The highest BCUT2D eigenvalue weighted by Gasteiger charge is 2.11. The second-order valence-electron chi connectivity index (χ2n) is 6.82. The molecule has 0 unspecified atom stereocenters. The fraction of sp³-hybridized carbons (Fsp3) is 0.125. The lowest BCUT2D eigenvalue weighted by Gasteiger charge is -2.08. The first-order valence-corrected chi connectivity index (χ1v) is 10.1. The minimum atomic E-state index is -0.372. The number of nitrogens with one attached hydrogen (secondary N) is 2. The first-order chi connectivity index (χ1) is 15.4. The lowest BCUT2D eigenvalue weighted by molar-refractivity contribution is -0.118. The van der Waals surface area contributed by atoms with E-state index in [1.165, 1.54) is 13.3 Å². The Kier molecular flexibility index (Phi) is 7.83. The van der Waals surface area contributed by atoms with Gasteiger partial charge in [0, 0.05) is 10.7 Å². The van der Waals surface area contributed by atoms with Gasteiger partial charge in [0.2, 0.25) is 0 Å². The number of anilines is 1. The number of halogens is 1. The molecule has 0 aromatic heterocycles. The van der Waals surface area contributed by atoms with E-state index in [0.29, 0.717) is 27.8 Å². The minimum absolute atomic E-state index is 0.144. The zero-order valence-electron chi connectivity index (χ0n) is 17.6. The average Bonchev–Trinajstić information content (AvgIpc) is 2.78. The highest BCUT2D eigenvalue weighted by Crippen LogP contribution is 2.20.